The molecule has 0 atom stereocenters. The van der Waals surface area contributed by atoms with E-state index in [1.807, 2.05) is 25.1 Å². The van der Waals surface area contributed by atoms with Gasteiger partial charge in [0.1, 0.15) is 0 Å². The quantitative estimate of drug-likeness (QED) is 0.856. The summed E-state index contributed by atoms with van der Waals surface area (Å²) in [6.45, 7) is 2.56. The van der Waals surface area contributed by atoms with Crippen LogP contribution in [-0.4, -0.2) is 18.5 Å². The van der Waals surface area contributed by atoms with Crippen molar-refractivity contribution >= 4 is 27.5 Å². The third-order valence-electron chi connectivity index (χ3n) is 4.23. The van der Waals surface area contributed by atoms with Crippen molar-refractivity contribution in [1.29, 1.82) is 0 Å². The van der Waals surface area contributed by atoms with Gasteiger partial charge in [-0.3, -0.25) is 4.79 Å². The fourth-order valence-electron chi connectivity index (χ4n) is 2.93. The largest absolute Gasteiger partial charge is 0.336 e. The molecule has 0 aliphatic heterocycles. The van der Waals surface area contributed by atoms with Gasteiger partial charge in [0.25, 0.3) is 5.91 Å². The van der Waals surface area contributed by atoms with E-state index in [1.165, 1.54) is 44.9 Å². The lowest BCUT2D eigenvalue weighted by Crippen LogP contribution is -2.91. The smallest absolute Gasteiger partial charge is 0.279 e. The van der Waals surface area contributed by atoms with Crippen LogP contribution in [0.5, 0.6) is 0 Å². The number of nitrogens with two attached hydrogens (primary N) is 1. The molecule has 1 amide bonds. The van der Waals surface area contributed by atoms with E-state index < -0.39 is 0 Å². The van der Waals surface area contributed by atoms with Crippen LogP contribution in [0, 0.1) is 6.92 Å². The lowest BCUT2D eigenvalue weighted by molar-refractivity contribution is -0.680. The summed E-state index contributed by atoms with van der Waals surface area (Å²) in [5.74, 6) is 0.0961. The van der Waals surface area contributed by atoms with E-state index in [4.69, 9.17) is 0 Å². The standard InChI is InChI=1S/C17H25BrN2O/c1-13-11-15(9-10-16(13)18)20-17(21)12-19-14-7-5-3-2-4-6-8-14/h9-11,14,19H,2-8,12H2,1H3,(H,20,21)/p+1. The zero-order valence-corrected chi connectivity index (χ0v) is 14.4. The third-order valence-corrected chi connectivity index (χ3v) is 5.12. The van der Waals surface area contributed by atoms with Crippen LogP contribution in [0.1, 0.15) is 50.5 Å². The molecule has 3 nitrogen and oxygen atoms in total. The van der Waals surface area contributed by atoms with Crippen molar-refractivity contribution in [3.8, 4) is 0 Å². The molecule has 1 aromatic carbocycles. The summed E-state index contributed by atoms with van der Waals surface area (Å²) in [4.78, 5) is 12.1. The molecule has 1 aliphatic carbocycles. The number of aryl methyl sites for hydroxylation is 1. The van der Waals surface area contributed by atoms with Gasteiger partial charge in [0, 0.05) is 10.2 Å². The predicted molar refractivity (Wildman–Crippen MR) is 90.4 cm³/mol. The molecular weight excluding hydrogens is 328 g/mol. The number of hydrogen-bond acceptors (Lipinski definition) is 1. The Balaban J connectivity index is 1.77. The second kappa shape index (κ2) is 8.54. The van der Waals surface area contributed by atoms with Gasteiger partial charge in [-0.15, -0.1) is 0 Å². The Bertz CT molecular complexity index is 468. The summed E-state index contributed by atoms with van der Waals surface area (Å²) in [5, 5.41) is 5.22. The molecule has 1 aromatic rings. The number of amides is 1. The third kappa shape index (κ3) is 5.79. The topological polar surface area (TPSA) is 45.7 Å². The maximum atomic E-state index is 12.1. The molecule has 2 rings (SSSR count). The summed E-state index contributed by atoms with van der Waals surface area (Å²) in [7, 11) is 0. The van der Waals surface area contributed by atoms with E-state index in [2.05, 4.69) is 26.6 Å². The average Bonchev–Trinajstić information content (AvgIpc) is 2.42. The van der Waals surface area contributed by atoms with Crippen LogP contribution >= 0.6 is 15.9 Å². The number of nitrogens with one attached hydrogen (secondary N) is 1. The molecule has 3 N–H and O–H groups in total. The molecule has 1 aliphatic rings. The van der Waals surface area contributed by atoms with Gasteiger partial charge in [0.15, 0.2) is 6.54 Å². The Morgan fingerprint density at radius 1 is 1.24 bits per heavy atom. The Kier molecular flexibility index (Phi) is 6.71. The lowest BCUT2D eigenvalue weighted by atomic mass is 9.97. The van der Waals surface area contributed by atoms with E-state index >= 15 is 0 Å². The molecule has 4 heteroatoms. The zero-order chi connectivity index (χ0) is 15.1. The molecule has 0 aromatic heterocycles. The Morgan fingerprint density at radius 2 is 1.90 bits per heavy atom. The van der Waals surface area contributed by atoms with E-state index in [1.54, 1.807) is 0 Å². The molecule has 1 saturated carbocycles. The summed E-state index contributed by atoms with van der Waals surface area (Å²) in [5.41, 5.74) is 2.02. The maximum Gasteiger partial charge on any atom is 0.279 e. The van der Waals surface area contributed by atoms with Gasteiger partial charge in [0.2, 0.25) is 0 Å². The normalized spacial score (nSPS) is 17.0. The van der Waals surface area contributed by atoms with Crippen molar-refractivity contribution in [3.05, 3.63) is 28.2 Å². The highest BCUT2D eigenvalue weighted by atomic mass is 79.9. The fourth-order valence-corrected chi connectivity index (χ4v) is 3.18. The second-order valence-electron chi connectivity index (χ2n) is 6.06. The van der Waals surface area contributed by atoms with Crippen molar-refractivity contribution in [2.45, 2.75) is 57.9 Å². The average molecular weight is 354 g/mol. The first-order valence-electron chi connectivity index (χ1n) is 8.04. The molecule has 0 unspecified atom stereocenters. The number of anilines is 1. The monoisotopic (exact) mass is 353 g/mol. The number of halogens is 1. The van der Waals surface area contributed by atoms with Crippen molar-refractivity contribution in [2.24, 2.45) is 0 Å². The van der Waals surface area contributed by atoms with Crippen molar-refractivity contribution in [1.82, 2.24) is 0 Å². The molecule has 0 heterocycles. The SMILES string of the molecule is Cc1cc(NC(=O)C[NH2+]C2CCCCCCC2)ccc1Br. The summed E-state index contributed by atoms with van der Waals surface area (Å²) >= 11 is 3.47. The molecule has 0 radical (unpaired) electrons. The number of rotatable bonds is 4. The predicted octanol–water partition coefficient (Wildman–Crippen LogP) is 3.37. The van der Waals surface area contributed by atoms with Crippen LogP contribution in [0.3, 0.4) is 0 Å². The minimum absolute atomic E-state index is 0.0961. The Labute approximate surface area is 136 Å². The lowest BCUT2D eigenvalue weighted by Gasteiger charge is -2.18. The van der Waals surface area contributed by atoms with Gasteiger partial charge >= 0.3 is 0 Å². The van der Waals surface area contributed by atoms with Crippen molar-refractivity contribution < 1.29 is 10.1 Å². The molecular formula is C17H26BrN2O+. The van der Waals surface area contributed by atoms with Crippen LogP contribution in [-0.2, 0) is 4.79 Å². The van der Waals surface area contributed by atoms with Crippen molar-refractivity contribution in [3.63, 3.8) is 0 Å². The molecule has 0 saturated heterocycles. The first kappa shape index (κ1) is 16.5. The number of quaternary nitrogens is 1. The van der Waals surface area contributed by atoms with Gasteiger partial charge < -0.3 is 10.6 Å². The van der Waals surface area contributed by atoms with Gasteiger partial charge in [0.05, 0.1) is 6.04 Å². The van der Waals surface area contributed by atoms with E-state index in [0.717, 1.165) is 15.7 Å². The summed E-state index contributed by atoms with van der Waals surface area (Å²) in [6.07, 6.45) is 9.23. The van der Waals surface area contributed by atoms with Crippen LogP contribution in [0.15, 0.2) is 22.7 Å². The minimum atomic E-state index is 0.0961. The highest BCUT2D eigenvalue weighted by Gasteiger charge is 2.15. The minimum Gasteiger partial charge on any atom is -0.336 e. The highest BCUT2D eigenvalue weighted by molar-refractivity contribution is 9.10. The van der Waals surface area contributed by atoms with Gasteiger partial charge in [-0.1, -0.05) is 35.2 Å². The van der Waals surface area contributed by atoms with E-state index in [-0.39, 0.29) is 5.91 Å². The highest BCUT2D eigenvalue weighted by Crippen LogP contribution is 2.19. The van der Waals surface area contributed by atoms with Gasteiger partial charge in [-0.25, -0.2) is 0 Å². The number of carbonyl (C=O) groups is 1. The molecule has 1 fully saturated rings. The fraction of sp³-hybridized carbons (Fsp3) is 0.588. The number of carbonyl (C=O) groups excluding carboxylic acids is 1. The van der Waals surface area contributed by atoms with E-state index in [0.29, 0.717) is 12.6 Å². The molecule has 21 heavy (non-hydrogen) atoms. The number of benzene rings is 1. The van der Waals surface area contributed by atoms with Crippen LogP contribution in [0.25, 0.3) is 0 Å². The molecule has 0 bridgehead atoms. The van der Waals surface area contributed by atoms with E-state index in [9.17, 15) is 4.79 Å². The van der Waals surface area contributed by atoms with Crippen LogP contribution < -0.4 is 10.6 Å². The summed E-state index contributed by atoms with van der Waals surface area (Å²) < 4.78 is 1.07. The van der Waals surface area contributed by atoms with Crippen LogP contribution in [0.2, 0.25) is 0 Å². The zero-order valence-electron chi connectivity index (χ0n) is 12.8. The van der Waals surface area contributed by atoms with Gasteiger partial charge in [-0.05, 0) is 56.4 Å². The Hall–Kier alpha value is -0.870. The maximum absolute atomic E-state index is 12.1. The number of hydrogen-bond donors (Lipinski definition) is 2. The van der Waals surface area contributed by atoms with Gasteiger partial charge in [-0.2, -0.15) is 0 Å². The van der Waals surface area contributed by atoms with Crippen molar-refractivity contribution in [2.75, 3.05) is 11.9 Å². The molecule has 0 spiro atoms. The second-order valence-corrected chi connectivity index (χ2v) is 6.91. The summed E-state index contributed by atoms with van der Waals surface area (Å²) in [6, 6.07) is 6.54. The van der Waals surface area contributed by atoms with Crippen LogP contribution in [0.4, 0.5) is 5.69 Å². The first-order valence-corrected chi connectivity index (χ1v) is 8.84. The first-order chi connectivity index (χ1) is 10.1. The Morgan fingerprint density at radius 3 is 2.57 bits per heavy atom. The molecule has 116 valence electrons.